The maximum Gasteiger partial charge on any atom is 0.381 e. The predicted octanol–water partition coefficient (Wildman–Crippen LogP) is 2.60. The van der Waals surface area contributed by atoms with Gasteiger partial charge in [0.05, 0.1) is 7.11 Å². The number of ether oxygens (including phenoxy) is 1. The highest BCUT2D eigenvalue weighted by Crippen LogP contribution is 2.29. The Morgan fingerprint density at radius 3 is 2.29 bits per heavy atom. The largest absolute Gasteiger partial charge is 0.464 e. The minimum atomic E-state index is -3.63. The van der Waals surface area contributed by atoms with Crippen LogP contribution in [0.3, 0.4) is 0 Å². The average molecular weight is 221 g/mol. The second-order valence-corrected chi connectivity index (χ2v) is 3.01. The lowest BCUT2D eigenvalue weighted by atomic mass is 10.1. The van der Waals surface area contributed by atoms with Gasteiger partial charge in [-0.05, 0) is 12.1 Å². The predicted molar refractivity (Wildman–Crippen MR) is 47.4 cm³/mol. The topological polar surface area (TPSA) is 26.3 Å². The lowest BCUT2D eigenvalue weighted by Gasteiger charge is -2.13. The number of hydrogen-bond donors (Lipinski definition) is 0. The molecule has 0 aromatic heterocycles. The van der Waals surface area contributed by atoms with Crippen molar-refractivity contribution in [1.29, 1.82) is 0 Å². The molecule has 76 valence electrons. The number of halogens is 3. The second kappa shape index (κ2) is 3.92. The number of carbonyl (C=O) groups is 1. The normalized spacial score (nSPS) is 11.1. The van der Waals surface area contributed by atoms with Crippen LogP contribution in [0.4, 0.5) is 8.78 Å². The number of rotatable bonds is 2. The van der Waals surface area contributed by atoms with Gasteiger partial charge in [-0.25, -0.2) is 4.79 Å². The number of methoxy groups -OCH3 is 1. The zero-order valence-corrected chi connectivity index (χ0v) is 8.02. The molecule has 0 spiro atoms. The Bertz CT molecular complexity index is 335. The monoisotopic (exact) mass is 220 g/mol. The highest BCUT2D eigenvalue weighted by atomic mass is 35.5. The van der Waals surface area contributed by atoms with Crippen molar-refractivity contribution in [2.75, 3.05) is 7.11 Å². The van der Waals surface area contributed by atoms with Crippen molar-refractivity contribution in [3.8, 4) is 0 Å². The van der Waals surface area contributed by atoms with E-state index in [2.05, 4.69) is 4.74 Å². The van der Waals surface area contributed by atoms with Crippen LogP contribution in [0.15, 0.2) is 24.3 Å². The maximum absolute atomic E-state index is 13.2. The van der Waals surface area contributed by atoms with Gasteiger partial charge in [0.25, 0.3) is 0 Å². The van der Waals surface area contributed by atoms with E-state index in [0.717, 1.165) is 19.2 Å². The maximum atomic E-state index is 13.2. The molecule has 0 saturated heterocycles. The van der Waals surface area contributed by atoms with Crippen molar-refractivity contribution >= 4 is 17.6 Å². The molecule has 0 saturated carbocycles. The summed E-state index contributed by atoms with van der Waals surface area (Å²) in [5.74, 6) is -5.21. The van der Waals surface area contributed by atoms with Crippen molar-refractivity contribution in [2.24, 2.45) is 0 Å². The minimum Gasteiger partial charge on any atom is -0.464 e. The molecular formula is C9H7ClF2O2. The average Bonchev–Trinajstić information content (AvgIpc) is 2.17. The summed E-state index contributed by atoms with van der Waals surface area (Å²) in [6.45, 7) is 0. The summed E-state index contributed by atoms with van der Waals surface area (Å²) in [6.07, 6.45) is 0. The second-order valence-electron chi connectivity index (χ2n) is 2.57. The van der Waals surface area contributed by atoms with Crippen LogP contribution >= 0.6 is 11.6 Å². The first-order chi connectivity index (χ1) is 6.48. The third kappa shape index (κ3) is 2.01. The van der Waals surface area contributed by atoms with Crippen molar-refractivity contribution in [1.82, 2.24) is 0 Å². The molecule has 0 radical (unpaired) electrons. The van der Waals surface area contributed by atoms with Crippen molar-refractivity contribution in [3.05, 3.63) is 34.9 Å². The molecule has 5 heteroatoms. The Hall–Kier alpha value is -1.16. The molecule has 2 nitrogen and oxygen atoms in total. The molecule has 0 bridgehead atoms. The standard InChI is InChI=1S/C9H7ClF2O2/c1-14-8(13)9(11,12)6-2-4-7(10)5-3-6/h2-5H,1H3. The highest BCUT2D eigenvalue weighted by Gasteiger charge is 2.42. The zero-order valence-electron chi connectivity index (χ0n) is 7.26. The van der Waals surface area contributed by atoms with Gasteiger partial charge in [-0.1, -0.05) is 23.7 Å². The van der Waals surface area contributed by atoms with Crippen molar-refractivity contribution in [3.63, 3.8) is 0 Å². The molecule has 0 aliphatic rings. The van der Waals surface area contributed by atoms with E-state index in [4.69, 9.17) is 11.6 Å². The fourth-order valence-electron chi connectivity index (χ4n) is 0.905. The Morgan fingerprint density at radius 1 is 1.36 bits per heavy atom. The van der Waals surface area contributed by atoms with Gasteiger partial charge in [0, 0.05) is 10.6 Å². The van der Waals surface area contributed by atoms with E-state index in [1.54, 1.807) is 0 Å². The molecule has 0 N–H and O–H groups in total. The number of esters is 1. The summed E-state index contributed by atoms with van der Waals surface area (Å²) in [4.78, 5) is 10.7. The molecule has 0 heterocycles. The van der Waals surface area contributed by atoms with Gasteiger partial charge in [-0.2, -0.15) is 8.78 Å². The molecule has 14 heavy (non-hydrogen) atoms. The smallest absolute Gasteiger partial charge is 0.381 e. The van der Waals surface area contributed by atoms with Crippen LogP contribution < -0.4 is 0 Å². The molecule has 0 unspecified atom stereocenters. The first-order valence-corrected chi connectivity index (χ1v) is 4.08. The van der Waals surface area contributed by atoms with Crippen LogP contribution in [0.2, 0.25) is 5.02 Å². The SMILES string of the molecule is COC(=O)C(F)(F)c1ccc(Cl)cc1. The van der Waals surface area contributed by atoms with Crippen LogP contribution in [0, 0.1) is 0 Å². The third-order valence-corrected chi connectivity index (χ3v) is 1.90. The summed E-state index contributed by atoms with van der Waals surface area (Å²) < 4.78 is 30.3. The van der Waals surface area contributed by atoms with Gasteiger partial charge in [0.15, 0.2) is 0 Å². The van der Waals surface area contributed by atoms with Crippen LogP contribution in [0.5, 0.6) is 0 Å². The van der Waals surface area contributed by atoms with E-state index in [1.807, 2.05) is 0 Å². The summed E-state index contributed by atoms with van der Waals surface area (Å²) in [6, 6.07) is 4.74. The van der Waals surface area contributed by atoms with E-state index in [9.17, 15) is 13.6 Å². The van der Waals surface area contributed by atoms with Gasteiger partial charge in [0.2, 0.25) is 0 Å². The van der Waals surface area contributed by atoms with Gasteiger partial charge in [-0.15, -0.1) is 0 Å². The third-order valence-electron chi connectivity index (χ3n) is 1.65. The van der Waals surface area contributed by atoms with Crippen LogP contribution in [0.25, 0.3) is 0 Å². The summed E-state index contributed by atoms with van der Waals surface area (Å²) in [5.41, 5.74) is -0.436. The molecule has 0 fully saturated rings. The molecule has 1 aromatic rings. The fraction of sp³-hybridized carbons (Fsp3) is 0.222. The number of benzene rings is 1. The van der Waals surface area contributed by atoms with E-state index in [0.29, 0.717) is 5.02 Å². The molecule has 1 aromatic carbocycles. The summed E-state index contributed by atoms with van der Waals surface area (Å²) >= 11 is 5.51. The quantitative estimate of drug-likeness (QED) is 0.716. The number of hydrogen-bond acceptors (Lipinski definition) is 2. The van der Waals surface area contributed by atoms with Crippen LogP contribution in [0.1, 0.15) is 5.56 Å². The first kappa shape index (κ1) is 10.9. The van der Waals surface area contributed by atoms with Gasteiger partial charge in [-0.3, -0.25) is 0 Å². The molecule has 0 amide bonds. The molecule has 1 rings (SSSR count). The van der Waals surface area contributed by atoms with Crippen molar-refractivity contribution < 1.29 is 18.3 Å². The van der Waals surface area contributed by atoms with E-state index < -0.39 is 17.5 Å². The molecular weight excluding hydrogens is 214 g/mol. The fourth-order valence-corrected chi connectivity index (χ4v) is 1.03. The summed E-state index contributed by atoms with van der Waals surface area (Å²) in [5, 5.41) is 0.328. The zero-order chi connectivity index (χ0) is 10.8. The lowest BCUT2D eigenvalue weighted by Crippen LogP contribution is -2.27. The van der Waals surface area contributed by atoms with Gasteiger partial charge >= 0.3 is 11.9 Å². The van der Waals surface area contributed by atoms with E-state index in [-0.39, 0.29) is 0 Å². The van der Waals surface area contributed by atoms with E-state index >= 15 is 0 Å². The number of carbonyl (C=O) groups excluding carboxylic acids is 1. The van der Waals surface area contributed by atoms with Gasteiger partial charge in [0.1, 0.15) is 0 Å². The van der Waals surface area contributed by atoms with E-state index in [1.165, 1.54) is 12.1 Å². The van der Waals surface area contributed by atoms with Crippen molar-refractivity contribution in [2.45, 2.75) is 5.92 Å². The minimum absolute atomic E-state index is 0.328. The lowest BCUT2D eigenvalue weighted by molar-refractivity contribution is -0.170. The Morgan fingerprint density at radius 2 is 1.86 bits per heavy atom. The number of alkyl halides is 2. The molecule has 0 atom stereocenters. The molecule has 0 aliphatic heterocycles. The Balaban J connectivity index is 3.03. The highest BCUT2D eigenvalue weighted by molar-refractivity contribution is 6.30. The first-order valence-electron chi connectivity index (χ1n) is 3.70. The molecule has 0 aliphatic carbocycles. The van der Waals surface area contributed by atoms with Crippen LogP contribution in [-0.4, -0.2) is 13.1 Å². The Kier molecular flexibility index (Phi) is 3.06. The van der Waals surface area contributed by atoms with Gasteiger partial charge < -0.3 is 4.74 Å². The summed E-state index contributed by atoms with van der Waals surface area (Å²) in [7, 11) is 0.909. The van der Waals surface area contributed by atoms with Crippen LogP contribution in [-0.2, 0) is 15.5 Å². The Labute approximate surface area is 84.4 Å².